The molecule has 1 aromatic carbocycles. The Kier molecular flexibility index (Phi) is 6.17. The van der Waals surface area contributed by atoms with Crippen LogP contribution in [0.1, 0.15) is 18.9 Å². The van der Waals surface area contributed by atoms with Crippen LogP contribution in [0.5, 0.6) is 11.5 Å². The van der Waals surface area contributed by atoms with Crippen molar-refractivity contribution in [1.29, 1.82) is 0 Å². The second kappa shape index (κ2) is 8.76. The first-order chi connectivity index (χ1) is 12.2. The molecule has 1 aliphatic rings. The topological polar surface area (TPSA) is 60.5 Å². The summed E-state index contributed by atoms with van der Waals surface area (Å²) in [6, 6.07) is 9.95. The van der Waals surface area contributed by atoms with Gasteiger partial charge in [-0.2, -0.15) is 0 Å². The number of fused-ring (bicyclic) bond motifs is 1. The maximum Gasteiger partial charge on any atom is 0.221 e. The molecular weight excluding hydrogens is 336 g/mol. The number of hydrogen-bond donors (Lipinski definition) is 1. The highest BCUT2D eigenvalue weighted by atomic mass is 32.2. The predicted octanol–water partition coefficient (Wildman–Crippen LogP) is 3.08. The molecule has 5 nitrogen and oxygen atoms in total. The number of nitrogens with one attached hydrogen (secondary N) is 1. The van der Waals surface area contributed by atoms with Crippen molar-refractivity contribution in [2.75, 3.05) is 19.0 Å². The molecule has 132 valence electrons. The van der Waals surface area contributed by atoms with E-state index in [1.54, 1.807) is 24.2 Å². The molecule has 1 amide bonds. The van der Waals surface area contributed by atoms with E-state index < -0.39 is 0 Å². The molecule has 3 rings (SSSR count). The SMILES string of the molecule is C[C@@H](Cc1ccncc1)NC(=O)CCSc1ccc2c(c1)OCCO2. The van der Waals surface area contributed by atoms with Crippen LogP contribution >= 0.6 is 11.8 Å². The molecule has 0 aliphatic carbocycles. The molecule has 0 fully saturated rings. The average molecular weight is 358 g/mol. The third-order valence-electron chi connectivity index (χ3n) is 3.81. The lowest BCUT2D eigenvalue weighted by Gasteiger charge is -2.18. The van der Waals surface area contributed by atoms with E-state index in [4.69, 9.17) is 9.47 Å². The number of nitrogens with zero attached hydrogens (tertiary/aromatic N) is 1. The van der Waals surface area contributed by atoms with Crippen LogP contribution in [-0.4, -0.2) is 35.9 Å². The van der Waals surface area contributed by atoms with E-state index in [9.17, 15) is 4.79 Å². The normalized spacial score (nSPS) is 14.0. The van der Waals surface area contributed by atoms with Crippen LogP contribution in [0.2, 0.25) is 0 Å². The number of amides is 1. The van der Waals surface area contributed by atoms with Crippen molar-refractivity contribution in [3.05, 3.63) is 48.3 Å². The first-order valence-electron chi connectivity index (χ1n) is 8.41. The summed E-state index contributed by atoms with van der Waals surface area (Å²) in [5.41, 5.74) is 1.17. The standard InChI is InChI=1S/C19H22N2O3S/c1-14(12-15-4-7-20-8-5-15)21-19(22)6-11-25-16-2-3-17-18(13-16)24-10-9-23-17/h2-5,7-8,13-14H,6,9-12H2,1H3,(H,21,22)/t14-/m0/s1. The first kappa shape index (κ1) is 17.6. The Morgan fingerprint density at radius 2 is 1.96 bits per heavy atom. The van der Waals surface area contributed by atoms with Gasteiger partial charge in [0.1, 0.15) is 13.2 Å². The molecule has 1 aliphatic heterocycles. The summed E-state index contributed by atoms with van der Waals surface area (Å²) in [6.07, 6.45) is 4.84. The van der Waals surface area contributed by atoms with Crippen molar-refractivity contribution in [2.45, 2.75) is 30.7 Å². The molecule has 0 radical (unpaired) electrons. The maximum atomic E-state index is 12.1. The Balaban J connectivity index is 1.40. The number of ether oxygens (including phenoxy) is 2. The van der Waals surface area contributed by atoms with Crippen molar-refractivity contribution >= 4 is 17.7 Å². The summed E-state index contributed by atoms with van der Waals surface area (Å²) >= 11 is 1.65. The van der Waals surface area contributed by atoms with E-state index in [2.05, 4.69) is 10.3 Å². The van der Waals surface area contributed by atoms with Crippen LogP contribution in [0.4, 0.5) is 0 Å². The van der Waals surface area contributed by atoms with E-state index in [-0.39, 0.29) is 11.9 Å². The fourth-order valence-corrected chi connectivity index (χ4v) is 3.52. The van der Waals surface area contributed by atoms with Gasteiger partial charge in [-0.1, -0.05) is 0 Å². The summed E-state index contributed by atoms with van der Waals surface area (Å²) in [7, 11) is 0. The van der Waals surface area contributed by atoms with Gasteiger partial charge < -0.3 is 14.8 Å². The Labute approximate surface area is 152 Å². The first-order valence-corrected chi connectivity index (χ1v) is 9.40. The Morgan fingerprint density at radius 3 is 2.76 bits per heavy atom. The van der Waals surface area contributed by atoms with Crippen LogP contribution in [0.15, 0.2) is 47.6 Å². The molecule has 25 heavy (non-hydrogen) atoms. The van der Waals surface area contributed by atoms with Crippen LogP contribution < -0.4 is 14.8 Å². The van der Waals surface area contributed by atoms with Crippen LogP contribution in [0.25, 0.3) is 0 Å². The molecule has 2 heterocycles. The summed E-state index contributed by atoms with van der Waals surface area (Å²) in [5, 5.41) is 3.05. The third-order valence-corrected chi connectivity index (χ3v) is 4.81. The lowest BCUT2D eigenvalue weighted by Crippen LogP contribution is -2.34. The highest BCUT2D eigenvalue weighted by Gasteiger charge is 2.12. The van der Waals surface area contributed by atoms with Crippen LogP contribution in [0, 0.1) is 0 Å². The van der Waals surface area contributed by atoms with Gasteiger partial charge in [0.05, 0.1) is 0 Å². The molecule has 0 saturated heterocycles. The zero-order valence-corrected chi connectivity index (χ0v) is 15.1. The van der Waals surface area contributed by atoms with Gasteiger partial charge in [-0.25, -0.2) is 0 Å². The third kappa shape index (κ3) is 5.39. The summed E-state index contributed by atoms with van der Waals surface area (Å²) < 4.78 is 11.1. The lowest BCUT2D eigenvalue weighted by molar-refractivity contribution is -0.121. The number of thioether (sulfide) groups is 1. The van der Waals surface area contributed by atoms with Gasteiger partial charge in [0.2, 0.25) is 5.91 Å². The fourth-order valence-electron chi connectivity index (χ4n) is 2.65. The molecule has 2 aromatic rings. The number of carbonyl (C=O) groups excluding carboxylic acids is 1. The van der Waals surface area contributed by atoms with E-state index in [1.165, 1.54) is 5.56 Å². The van der Waals surface area contributed by atoms with Crippen molar-refractivity contribution in [2.24, 2.45) is 0 Å². The summed E-state index contributed by atoms with van der Waals surface area (Å²) in [6.45, 7) is 3.20. The molecule has 1 aromatic heterocycles. The maximum absolute atomic E-state index is 12.1. The number of rotatable bonds is 7. The monoisotopic (exact) mass is 358 g/mol. The quantitative estimate of drug-likeness (QED) is 0.771. The number of carbonyl (C=O) groups is 1. The molecule has 1 N–H and O–H groups in total. The molecule has 0 saturated carbocycles. The minimum Gasteiger partial charge on any atom is -0.486 e. The van der Waals surface area contributed by atoms with Gasteiger partial charge in [0.15, 0.2) is 11.5 Å². The minimum atomic E-state index is 0.0756. The second-order valence-electron chi connectivity index (χ2n) is 5.93. The molecule has 6 heteroatoms. The van der Waals surface area contributed by atoms with Crippen molar-refractivity contribution in [3.63, 3.8) is 0 Å². The number of aromatic nitrogens is 1. The van der Waals surface area contributed by atoms with Gasteiger partial charge in [-0.05, 0) is 49.2 Å². The Bertz CT molecular complexity index is 709. The lowest BCUT2D eigenvalue weighted by atomic mass is 10.1. The summed E-state index contributed by atoms with van der Waals surface area (Å²) in [5.74, 6) is 2.38. The van der Waals surface area contributed by atoms with Crippen molar-refractivity contribution < 1.29 is 14.3 Å². The van der Waals surface area contributed by atoms with Crippen molar-refractivity contribution in [3.8, 4) is 11.5 Å². The van der Waals surface area contributed by atoms with E-state index in [0.29, 0.717) is 19.6 Å². The van der Waals surface area contributed by atoms with Gasteiger partial charge >= 0.3 is 0 Å². The number of pyridine rings is 1. The fraction of sp³-hybridized carbons (Fsp3) is 0.368. The van der Waals surface area contributed by atoms with Crippen LogP contribution in [-0.2, 0) is 11.2 Å². The summed E-state index contributed by atoms with van der Waals surface area (Å²) in [4.78, 5) is 17.2. The molecular formula is C19H22N2O3S. The predicted molar refractivity (Wildman–Crippen MR) is 98.3 cm³/mol. The van der Waals surface area contributed by atoms with E-state index in [1.807, 2.05) is 37.3 Å². The highest BCUT2D eigenvalue weighted by Crippen LogP contribution is 2.34. The second-order valence-corrected chi connectivity index (χ2v) is 7.10. The van der Waals surface area contributed by atoms with Crippen molar-refractivity contribution in [1.82, 2.24) is 10.3 Å². The largest absolute Gasteiger partial charge is 0.486 e. The van der Waals surface area contributed by atoms with E-state index >= 15 is 0 Å². The zero-order chi connectivity index (χ0) is 17.5. The average Bonchev–Trinajstić information content (AvgIpc) is 2.62. The Hall–Kier alpha value is -2.21. The van der Waals surface area contributed by atoms with E-state index in [0.717, 1.165) is 28.6 Å². The molecule has 0 bridgehead atoms. The number of benzene rings is 1. The smallest absolute Gasteiger partial charge is 0.221 e. The Morgan fingerprint density at radius 1 is 1.20 bits per heavy atom. The minimum absolute atomic E-state index is 0.0756. The molecule has 0 spiro atoms. The van der Waals surface area contributed by atoms with Gasteiger partial charge in [0, 0.05) is 35.5 Å². The molecule has 1 atom stereocenters. The highest BCUT2D eigenvalue weighted by molar-refractivity contribution is 7.99. The van der Waals surface area contributed by atoms with Gasteiger partial charge in [-0.3, -0.25) is 9.78 Å². The van der Waals surface area contributed by atoms with Gasteiger partial charge in [-0.15, -0.1) is 11.8 Å². The molecule has 0 unspecified atom stereocenters. The zero-order valence-electron chi connectivity index (χ0n) is 14.2. The van der Waals surface area contributed by atoms with Crippen LogP contribution in [0.3, 0.4) is 0 Å². The van der Waals surface area contributed by atoms with Gasteiger partial charge in [0.25, 0.3) is 0 Å². The number of hydrogen-bond acceptors (Lipinski definition) is 5.